The van der Waals surface area contributed by atoms with Gasteiger partial charge in [0.05, 0.1) is 5.69 Å². The molecule has 0 spiro atoms. The fourth-order valence-electron chi connectivity index (χ4n) is 2.02. The Hall–Kier alpha value is -0.390. The van der Waals surface area contributed by atoms with Crippen LogP contribution >= 0.6 is 24.8 Å². The van der Waals surface area contributed by atoms with E-state index in [9.17, 15) is 4.79 Å². The van der Waals surface area contributed by atoms with E-state index < -0.39 is 4.75 Å². The van der Waals surface area contributed by atoms with Crippen molar-refractivity contribution in [3.63, 3.8) is 0 Å². The van der Waals surface area contributed by atoms with E-state index in [-0.39, 0.29) is 5.43 Å². The van der Waals surface area contributed by atoms with E-state index in [4.69, 9.17) is 12.2 Å². The van der Waals surface area contributed by atoms with Crippen LogP contribution in [-0.2, 0) is 4.75 Å². The van der Waals surface area contributed by atoms with Gasteiger partial charge >= 0.3 is 0 Å². The maximum atomic E-state index is 11.7. The van der Waals surface area contributed by atoms with Crippen molar-refractivity contribution in [3.05, 3.63) is 20.3 Å². The van der Waals surface area contributed by atoms with E-state index in [1.54, 1.807) is 0 Å². The van der Waals surface area contributed by atoms with Gasteiger partial charge in [0.1, 0.15) is 4.51 Å². The van der Waals surface area contributed by atoms with Crippen LogP contribution in [0.15, 0.2) is 4.79 Å². The van der Waals surface area contributed by atoms with Crippen LogP contribution in [0, 0.1) is 4.51 Å². The number of anilines is 1. The predicted octanol–water partition coefficient (Wildman–Crippen LogP) is 2.96. The third-order valence-electron chi connectivity index (χ3n) is 3.33. The molecular formula is C14H24N2OS2. The lowest BCUT2D eigenvalue weighted by Gasteiger charge is -2.24. The van der Waals surface area contributed by atoms with Crippen LogP contribution in [0.5, 0.6) is 0 Å². The van der Waals surface area contributed by atoms with Crippen LogP contribution in [0.4, 0.5) is 5.69 Å². The van der Waals surface area contributed by atoms with Crippen molar-refractivity contribution in [2.75, 3.05) is 32.0 Å². The van der Waals surface area contributed by atoms with Crippen LogP contribution < -0.4 is 10.7 Å². The first-order valence-corrected chi connectivity index (χ1v) is 7.63. The molecule has 0 saturated heterocycles. The second-order valence-corrected chi connectivity index (χ2v) is 7.02. The van der Waals surface area contributed by atoms with Crippen LogP contribution in [0.3, 0.4) is 0 Å². The van der Waals surface area contributed by atoms with Gasteiger partial charge in [0, 0.05) is 16.9 Å². The maximum absolute atomic E-state index is 11.7. The lowest BCUT2D eigenvalue weighted by atomic mass is 9.95. The smallest absolute Gasteiger partial charge is 0.205 e. The molecule has 0 fully saturated rings. The summed E-state index contributed by atoms with van der Waals surface area (Å²) in [6.45, 7) is 9.03. The van der Waals surface area contributed by atoms with Gasteiger partial charge in [0.25, 0.3) is 0 Å². The molecule has 0 aliphatic rings. The summed E-state index contributed by atoms with van der Waals surface area (Å²) in [5.74, 6) is 0. The predicted molar refractivity (Wildman–Crippen MR) is 88.8 cm³/mol. The Morgan fingerprint density at radius 2 is 2.00 bits per heavy atom. The summed E-state index contributed by atoms with van der Waals surface area (Å²) >= 11 is 9.56. The Labute approximate surface area is 126 Å². The van der Waals surface area contributed by atoms with Gasteiger partial charge in [-0.15, -0.1) is 0 Å². The molecule has 1 N–H and O–H groups in total. The average Bonchev–Trinajstić information content (AvgIpc) is 2.34. The molecule has 1 aromatic rings. The highest BCUT2D eigenvalue weighted by atomic mass is 32.1. The first-order chi connectivity index (χ1) is 8.79. The van der Waals surface area contributed by atoms with Crippen molar-refractivity contribution < 1.29 is 0 Å². The summed E-state index contributed by atoms with van der Waals surface area (Å²) in [6, 6.07) is 0. The third kappa shape index (κ3) is 4.29. The molecule has 0 bridgehead atoms. The van der Waals surface area contributed by atoms with E-state index in [1.807, 2.05) is 13.8 Å². The summed E-state index contributed by atoms with van der Waals surface area (Å²) < 4.78 is 0.00672. The molecule has 0 heterocycles. The molecular weight excluding hydrogens is 276 g/mol. The van der Waals surface area contributed by atoms with Crippen LogP contribution in [0.1, 0.15) is 39.2 Å². The summed E-state index contributed by atoms with van der Waals surface area (Å²) in [4.78, 5) is 14.0. The van der Waals surface area contributed by atoms with Crippen molar-refractivity contribution in [1.82, 2.24) is 4.90 Å². The highest BCUT2D eigenvalue weighted by Crippen LogP contribution is 2.33. The largest absolute Gasteiger partial charge is 0.383 e. The lowest BCUT2D eigenvalue weighted by molar-refractivity contribution is 0.345. The van der Waals surface area contributed by atoms with Crippen LogP contribution in [0.2, 0.25) is 0 Å². The number of nitrogens with zero attached hydrogens (tertiary/aromatic N) is 1. The molecule has 0 unspecified atom stereocenters. The minimum atomic E-state index is -0.426. The Bertz CT molecular complexity index is 484. The standard InChI is InChI=1S/C14H24N2OS2/c1-5-16(4)9-7-6-8-15-11-10(14(2,3)19)12(17)13(11)18/h15,19H,5-9H2,1-4H3. The molecule has 1 aromatic carbocycles. The van der Waals surface area contributed by atoms with Crippen molar-refractivity contribution in [2.45, 2.75) is 38.4 Å². The van der Waals surface area contributed by atoms with E-state index in [1.165, 1.54) is 0 Å². The molecule has 0 aliphatic heterocycles. The fraction of sp³-hybridized carbons (Fsp3) is 0.714. The number of unbranched alkanes of at least 4 members (excludes halogenated alkanes) is 1. The highest BCUT2D eigenvalue weighted by Gasteiger charge is 2.28. The SMILES string of the molecule is CCN(C)CCCCNc1c(C(C)(C)S)c(=O)c1=S. The highest BCUT2D eigenvalue weighted by molar-refractivity contribution is 7.81. The normalized spacial score (nSPS) is 12.3. The number of rotatable bonds is 8. The van der Waals surface area contributed by atoms with Crippen molar-refractivity contribution in [1.29, 1.82) is 0 Å². The Morgan fingerprint density at radius 3 is 2.53 bits per heavy atom. The molecule has 0 radical (unpaired) electrons. The molecule has 5 heteroatoms. The molecule has 108 valence electrons. The molecule has 1 rings (SSSR count). The molecule has 0 aromatic heterocycles. The van der Waals surface area contributed by atoms with Gasteiger partial charge in [-0.3, -0.25) is 4.79 Å². The van der Waals surface area contributed by atoms with Gasteiger partial charge in [-0.1, -0.05) is 19.1 Å². The number of nitrogens with one attached hydrogen (secondary N) is 1. The maximum Gasteiger partial charge on any atom is 0.205 e. The zero-order valence-electron chi connectivity index (χ0n) is 12.2. The monoisotopic (exact) mass is 300 g/mol. The van der Waals surface area contributed by atoms with Crippen molar-refractivity contribution in [2.24, 2.45) is 0 Å². The van der Waals surface area contributed by atoms with Crippen molar-refractivity contribution in [3.8, 4) is 0 Å². The van der Waals surface area contributed by atoms with E-state index in [0.29, 0.717) is 4.51 Å². The second kappa shape index (κ2) is 6.86. The average molecular weight is 300 g/mol. The zero-order chi connectivity index (χ0) is 14.6. The van der Waals surface area contributed by atoms with E-state index in [0.717, 1.165) is 43.7 Å². The Morgan fingerprint density at radius 1 is 1.37 bits per heavy atom. The Balaban J connectivity index is 2.45. The van der Waals surface area contributed by atoms with Crippen molar-refractivity contribution >= 4 is 30.5 Å². The summed E-state index contributed by atoms with van der Waals surface area (Å²) in [7, 11) is 2.12. The first-order valence-electron chi connectivity index (χ1n) is 6.77. The number of hydrogen-bond acceptors (Lipinski definition) is 5. The molecule has 0 atom stereocenters. The first kappa shape index (κ1) is 16.7. The zero-order valence-corrected chi connectivity index (χ0v) is 14.0. The van der Waals surface area contributed by atoms with E-state index in [2.05, 4.69) is 36.8 Å². The number of thiol groups is 1. The van der Waals surface area contributed by atoms with Crippen LogP contribution in [-0.4, -0.2) is 31.6 Å². The molecule has 0 aliphatic carbocycles. The lowest BCUT2D eigenvalue weighted by Crippen LogP contribution is -2.29. The van der Waals surface area contributed by atoms with Gasteiger partial charge in [0.15, 0.2) is 0 Å². The third-order valence-corrected chi connectivity index (χ3v) is 3.94. The summed E-state index contributed by atoms with van der Waals surface area (Å²) in [5, 5.41) is 3.30. The summed E-state index contributed by atoms with van der Waals surface area (Å²) in [5.41, 5.74) is 1.54. The molecule has 19 heavy (non-hydrogen) atoms. The molecule has 3 nitrogen and oxygen atoms in total. The molecule has 0 amide bonds. The second-order valence-electron chi connectivity index (χ2n) is 5.50. The van der Waals surface area contributed by atoms with Gasteiger partial charge in [0.2, 0.25) is 5.43 Å². The van der Waals surface area contributed by atoms with E-state index >= 15 is 0 Å². The van der Waals surface area contributed by atoms with Gasteiger partial charge in [-0.2, -0.15) is 12.6 Å². The Kier molecular flexibility index (Phi) is 6.02. The van der Waals surface area contributed by atoms with Gasteiger partial charge in [-0.05, 0) is 46.8 Å². The topological polar surface area (TPSA) is 32.3 Å². The summed E-state index contributed by atoms with van der Waals surface area (Å²) in [6.07, 6.45) is 2.22. The minimum Gasteiger partial charge on any atom is -0.383 e. The van der Waals surface area contributed by atoms with Gasteiger partial charge < -0.3 is 10.2 Å². The molecule has 0 saturated carbocycles. The minimum absolute atomic E-state index is 0.0248. The van der Waals surface area contributed by atoms with Crippen LogP contribution in [0.25, 0.3) is 0 Å². The quantitative estimate of drug-likeness (QED) is 0.439. The van der Waals surface area contributed by atoms with Gasteiger partial charge in [-0.25, -0.2) is 0 Å². The fourth-order valence-corrected chi connectivity index (χ4v) is 2.51. The number of hydrogen-bond donors (Lipinski definition) is 2.